The molecule has 1 aliphatic rings. The molecular weight excluding hydrogens is 271 g/mol. The Morgan fingerprint density at radius 2 is 2.25 bits per heavy atom. The molecule has 110 valence electrons. The molecule has 1 fully saturated rings. The van der Waals surface area contributed by atoms with Gasteiger partial charge in [-0.1, -0.05) is 6.07 Å². The Labute approximate surface area is 114 Å². The summed E-state index contributed by atoms with van der Waals surface area (Å²) in [5.74, 6) is -0.992. The predicted octanol–water partition coefficient (Wildman–Crippen LogP) is 1.80. The van der Waals surface area contributed by atoms with Crippen LogP contribution in [0.15, 0.2) is 24.4 Å². The lowest BCUT2D eigenvalue weighted by Gasteiger charge is -2.30. The molecule has 0 aliphatic carbocycles. The highest BCUT2D eigenvalue weighted by Crippen LogP contribution is 2.43. The van der Waals surface area contributed by atoms with Crippen molar-refractivity contribution < 1.29 is 18.0 Å². The van der Waals surface area contributed by atoms with E-state index in [9.17, 15) is 18.0 Å². The van der Waals surface area contributed by atoms with Crippen LogP contribution in [0.5, 0.6) is 0 Å². The van der Waals surface area contributed by atoms with E-state index in [1.165, 1.54) is 6.20 Å². The maximum Gasteiger partial charge on any atom is 0.404 e. The maximum absolute atomic E-state index is 13.2. The van der Waals surface area contributed by atoms with E-state index in [2.05, 4.69) is 15.6 Å². The van der Waals surface area contributed by atoms with Crippen LogP contribution >= 0.6 is 0 Å². The fourth-order valence-corrected chi connectivity index (χ4v) is 2.30. The summed E-state index contributed by atoms with van der Waals surface area (Å²) in [5.41, 5.74) is -1.81. The minimum atomic E-state index is -4.57. The molecule has 2 rings (SSSR count). The molecule has 1 aromatic heterocycles. The van der Waals surface area contributed by atoms with Crippen LogP contribution in [0.3, 0.4) is 0 Å². The van der Waals surface area contributed by atoms with Crippen molar-refractivity contribution >= 4 is 5.91 Å². The highest BCUT2D eigenvalue weighted by Gasteiger charge is 2.61. The molecule has 1 aromatic rings. The van der Waals surface area contributed by atoms with E-state index in [4.69, 9.17) is 0 Å². The molecule has 1 aliphatic heterocycles. The number of amides is 1. The largest absolute Gasteiger partial charge is 0.404 e. The third-order valence-corrected chi connectivity index (χ3v) is 3.61. The van der Waals surface area contributed by atoms with Gasteiger partial charge >= 0.3 is 6.18 Å². The first-order valence-corrected chi connectivity index (χ1v) is 6.36. The number of hydrogen-bond acceptors (Lipinski definition) is 3. The summed E-state index contributed by atoms with van der Waals surface area (Å²) in [6, 6.07) is 4.53. The normalized spacial score (nSPS) is 24.4. The van der Waals surface area contributed by atoms with Crippen LogP contribution < -0.4 is 10.6 Å². The lowest BCUT2D eigenvalue weighted by molar-refractivity contribution is -0.216. The number of carbonyl (C=O) groups excluding carboxylic acids is 1. The molecule has 2 N–H and O–H groups in total. The molecule has 0 aromatic carbocycles. The third kappa shape index (κ3) is 2.63. The molecule has 0 bridgehead atoms. The summed E-state index contributed by atoms with van der Waals surface area (Å²) in [6.07, 6.45) is -3.27. The Morgan fingerprint density at radius 1 is 1.50 bits per heavy atom. The zero-order valence-corrected chi connectivity index (χ0v) is 11.0. The Morgan fingerprint density at radius 3 is 2.75 bits per heavy atom. The van der Waals surface area contributed by atoms with Gasteiger partial charge in [0.05, 0.1) is 11.7 Å². The Kier molecular flexibility index (Phi) is 3.99. The topological polar surface area (TPSA) is 54.0 Å². The first kappa shape index (κ1) is 14.8. The molecule has 20 heavy (non-hydrogen) atoms. The van der Waals surface area contributed by atoms with Crippen molar-refractivity contribution in [1.29, 1.82) is 0 Å². The van der Waals surface area contributed by atoms with Gasteiger partial charge in [0.1, 0.15) is 0 Å². The van der Waals surface area contributed by atoms with Crippen molar-refractivity contribution in [3.8, 4) is 0 Å². The van der Waals surface area contributed by atoms with Crippen LogP contribution in [0.4, 0.5) is 13.2 Å². The second-order valence-corrected chi connectivity index (χ2v) is 4.96. The van der Waals surface area contributed by atoms with E-state index >= 15 is 0 Å². The number of nitrogens with one attached hydrogen (secondary N) is 2. The maximum atomic E-state index is 13.2. The second-order valence-electron chi connectivity index (χ2n) is 4.96. The molecule has 0 saturated carbocycles. The molecule has 2 unspecified atom stereocenters. The lowest BCUT2D eigenvalue weighted by Crippen LogP contribution is -2.52. The molecule has 1 amide bonds. The van der Waals surface area contributed by atoms with Gasteiger partial charge in [0, 0.05) is 12.7 Å². The van der Waals surface area contributed by atoms with E-state index in [-0.39, 0.29) is 19.5 Å². The van der Waals surface area contributed by atoms with E-state index in [0.29, 0.717) is 5.69 Å². The van der Waals surface area contributed by atoms with E-state index in [0.717, 1.165) is 0 Å². The molecule has 0 spiro atoms. The minimum absolute atomic E-state index is 0.185. The Hall–Kier alpha value is -1.63. The molecule has 7 heteroatoms. The van der Waals surface area contributed by atoms with Gasteiger partial charge in [-0.05, 0) is 32.0 Å². The fraction of sp³-hybridized carbons (Fsp3) is 0.538. The van der Waals surface area contributed by atoms with Gasteiger partial charge in [-0.2, -0.15) is 13.2 Å². The van der Waals surface area contributed by atoms with E-state index in [1.807, 2.05) is 0 Å². The number of halogens is 3. The number of nitrogens with zero attached hydrogens (tertiary/aromatic N) is 1. The number of aromatic nitrogens is 1. The summed E-state index contributed by atoms with van der Waals surface area (Å²) < 4.78 is 39.6. The predicted molar refractivity (Wildman–Crippen MR) is 66.8 cm³/mol. The number of rotatable bonds is 3. The minimum Gasteiger partial charge on any atom is -0.347 e. The standard InChI is InChI=1S/C13H16F3N3O/c1-9(10-4-2-3-6-18-10)19-11(20)12(13(14,15)16)5-7-17-8-12/h2-4,6,9,17H,5,7-8H2,1H3,(H,19,20). The van der Waals surface area contributed by atoms with Gasteiger partial charge in [-0.15, -0.1) is 0 Å². The van der Waals surface area contributed by atoms with Crippen LogP contribution in [0.25, 0.3) is 0 Å². The molecule has 4 nitrogen and oxygen atoms in total. The van der Waals surface area contributed by atoms with Gasteiger partial charge in [0.15, 0.2) is 5.41 Å². The molecule has 2 heterocycles. The summed E-state index contributed by atoms with van der Waals surface area (Å²) in [7, 11) is 0. The average molecular weight is 287 g/mol. The van der Waals surface area contributed by atoms with Crippen molar-refractivity contribution in [3.05, 3.63) is 30.1 Å². The average Bonchev–Trinajstić information content (AvgIpc) is 2.90. The van der Waals surface area contributed by atoms with Crippen LogP contribution in [0, 0.1) is 5.41 Å². The first-order chi connectivity index (χ1) is 9.37. The van der Waals surface area contributed by atoms with Crippen molar-refractivity contribution in [2.45, 2.75) is 25.6 Å². The molecule has 2 atom stereocenters. The highest BCUT2D eigenvalue weighted by molar-refractivity contribution is 5.84. The van der Waals surface area contributed by atoms with Crippen molar-refractivity contribution in [2.24, 2.45) is 5.41 Å². The quantitative estimate of drug-likeness (QED) is 0.891. The summed E-state index contributed by atoms with van der Waals surface area (Å²) >= 11 is 0. The molecule has 1 saturated heterocycles. The monoisotopic (exact) mass is 287 g/mol. The van der Waals surface area contributed by atoms with Crippen LogP contribution in [0.1, 0.15) is 25.1 Å². The zero-order valence-electron chi connectivity index (χ0n) is 11.0. The second kappa shape index (κ2) is 5.40. The molecule has 0 radical (unpaired) electrons. The number of pyridine rings is 1. The summed E-state index contributed by atoms with van der Waals surface area (Å²) in [6.45, 7) is 1.43. The first-order valence-electron chi connectivity index (χ1n) is 6.36. The van der Waals surface area contributed by atoms with E-state index < -0.39 is 23.5 Å². The van der Waals surface area contributed by atoms with Gasteiger partial charge < -0.3 is 10.6 Å². The summed E-state index contributed by atoms with van der Waals surface area (Å²) in [4.78, 5) is 16.1. The Balaban J connectivity index is 2.14. The number of alkyl halides is 3. The number of carbonyl (C=O) groups is 1. The smallest absolute Gasteiger partial charge is 0.347 e. The number of hydrogen-bond donors (Lipinski definition) is 2. The van der Waals surface area contributed by atoms with Crippen LogP contribution in [-0.4, -0.2) is 30.2 Å². The fourth-order valence-electron chi connectivity index (χ4n) is 2.30. The van der Waals surface area contributed by atoms with Gasteiger partial charge in [-0.25, -0.2) is 0 Å². The lowest BCUT2D eigenvalue weighted by atomic mass is 9.85. The van der Waals surface area contributed by atoms with Crippen LogP contribution in [-0.2, 0) is 4.79 Å². The molecular formula is C13H16F3N3O. The highest BCUT2D eigenvalue weighted by atomic mass is 19.4. The van der Waals surface area contributed by atoms with Gasteiger partial charge in [0.2, 0.25) is 5.91 Å². The van der Waals surface area contributed by atoms with Crippen molar-refractivity contribution in [2.75, 3.05) is 13.1 Å². The van der Waals surface area contributed by atoms with Crippen molar-refractivity contribution in [3.63, 3.8) is 0 Å². The van der Waals surface area contributed by atoms with Gasteiger partial charge in [-0.3, -0.25) is 9.78 Å². The van der Waals surface area contributed by atoms with Gasteiger partial charge in [0.25, 0.3) is 0 Å². The zero-order chi connectivity index (χ0) is 14.8. The van der Waals surface area contributed by atoms with Crippen LogP contribution in [0.2, 0.25) is 0 Å². The Bertz CT molecular complexity index is 469. The SMILES string of the molecule is CC(NC(=O)C1(C(F)(F)F)CCNC1)c1ccccn1. The summed E-state index contributed by atoms with van der Waals surface area (Å²) in [5, 5.41) is 5.04. The third-order valence-electron chi connectivity index (χ3n) is 3.61. The van der Waals surface area contributed by atoms with E-state index in [1.54, 1.807) is 25.1 Å². The van der Waals surface area contributed by atoms with Crippen molar-refractivity contribution in [1.82, 2.24) is 15.6 Å².